The number of aliphatic hydroxyl groups excluding tert-OH is 1. The molecule has 1 N–H and O–H groups in total. The van der Waals surface area contributed by atoms with E-state index >= 15 is 0 Å². The standard InChI is InChI=1S/C10H19NO3/c1-3-4-8-5-6-9(12)7-11(8)10(13)14-2/h8-9,12H,3-7H2,1-2H3/t8-,9-/m0/s1. The van der Waals surface area contributed by atoms with E-state index in [1.54, 1.807) is 4.90 Å². The molecule has 0 unspecified atom stereocenters. The van der Waals surface area contributed by atoms with Gasteiger partial charge in [-0.05, 0) is 19.3 Å². The first kappa shape index (κ1) is 11.3. The first-order chi connectivity index (χ1) is 6.69. The smallest absolute Gasteiger partial charge is 0.409 e. The number of nitrogens with zero attached hydrogens (tertiary/aromatic N) is 1. The second-order valence-corrected chi connectivity index (χ2v) is 3.80. The molecule has 82 valence electrons. The number of rotatable bonds is 2. The molecule has 4 heteroatoms. The van der Waals surface area contributed by atoms with Crippen LogP contribution in [0.1, 0.15) is 32.6 Å². The van der Waals surface area contributed by atoms with Crippen LogP contribution in [0, 0.1) is 0 Å². The van der Waals surface area contributed by atoms with E-state index in [2.05, 4.69) is 6.92 Å². The van der Waals surface area contributed by atoms with Crippen molar-refractivity contribution in [2.45, 2.75) is 44.8 Å². The molecule has 1 aliphatic heterocycles. The predicted molar refractivity (Wildman–Crippen MR) is 53.0 cm³/mol. The highest BCUT2D eigenvalue weighted by Crippen LogP contribution is 2.21. The molecule has 1 aliphatic rings. The topological polar surface area (TPSA) is 49.8 Å². The van der Waals surface area contributed by atoms with Crippen molar-refractivity contribution in [3.05, 3.63) is 0 Å². The molecular formula is C10H19NO3. The summed E-state index contributed by atoms with van der Waals surface area (Å²) in [5.41, 5.74) is 0. The van der Waals surface area contributed by atoms with E-state index in [9.17, 15) is 9.90 Å². The van der Waals surface area contributed by atoms with Gasteiger partial charge in [-0.25, -0.2) is 4.79 Å². The fourth-order valence-corrected chi connectivity index (χ4v) is 1.98. The van der Waals surface area contributed by atoms with E-state index in [4.69, 9.17) is 4.74 Å². The molecule has 1 heterocycles. The lowest BCUT2D eigenvalue weighted by molar-refractivity contribution is 0.0278. The van der Waals surface area contributed by atoms with Crippen LogP contribution in [0.4, 0.5) is 4.79 Å². The van der Waals surface area contributed by atoms with Gasteiger partial charge in [-0.2, -0.15) is 0 Å². The first-order valence-corrected chi connectivity index (χ1v) is 5.21. The zero-order chi connectivity index (χ0) is 10.6. The highest BCUT2D eigenvalue weighted by molar-refractivity contribution is 5.68. The van der Waals surface area contributed by atoms with Gasteiger partial charge in [-0.3, -0.25) is 0 Å². The molecular weight excluding hydrogens is 182 g/mol. The van der Waals surface area contributed by atoms with Crippen molar-refractivity contribution in [3.8, 4) is 0 Å². The largest absolute Gasteiger partial charge is 0.453 e. The summed E-state index contributed by atoms with van der Waals surface area (Å²) in [6, 6.07) is 0.246. The zero-order valence-electron chi connectivity index (χ0n) is 8.90. The quantitative estimate of drug-likeness (QED) is 0.734. The molecule has 4 nitrogen and oxygen atoms in total. The van der Waals surface area contributed by atoms with E-state index in [1.165, 1.54) is 7.11 Å². The van der Waals surface area contributed by atoms with Crippen molar-refractivity contribution in [1.29, 1.82) is 0 Å². The number of β-amino-alcohol motifs (C(OH)–C–C–N with tert-alkyl or cyclic N) is 1. The Bertz CT molecular complexity index is 196. The average molecular weight is 201 g/mol. The Balaban J connectivity index is 2.58. The highest BCUT2D eigenvalue weighted by atomic mass is 16.5. The Morgan fingerprint density at radius 1 is 1.57 bits per heavy atom. The molecule has 1 fully saturated rings. The van der Waals surface area contributed by atoms with Crippen LogP contribution in [-0.4, -0.2) is 41.9 Å². The van der Waals surface area contributed by atoms with Gasteiger partial charge in [-0.1, -0.05) is 13.3 Å². The summed E-state index contributed by atoms with van der Waals surface area (Å²) >= 11 is 0. The highest BCUT2D eigenvalue weighted by Gasteiger charge is 2.30. The van der Waals surface area contributed by atoms with Gasteiger partial charge in [0.2, 0.25) is 0 Å². The molecule has 1 saturated heterocycles. The van der Waals surface area contributed by atoms with Crippen LogP contribution in [0.2, 0.25) is 0 Å². The summed E-state index contributed by atoms with van der Waals surface area (Å²) in [5.74, 6) is 0. The van der Waals surface area contributed by atoms with Crippen LogP contribution in [0.15, 0.2) is 0 Å². The Morgan fingerprint density at radius 2 is 2.29 bits per heavy atom. The van der Waals surface area contributed by atoms with Gasteiger partial charge in [0.1, 0.15) is 0 Å². The van der Waals surface area contributed by atoms with Gasteiger partial charge < -0.3 is 14.7 Å². The second kappa shape index (κ2) is 5.20. The summed E-state index contributed by atoms with van der Waals surface area (Å²) < 4.78 is 4.69. The lowest BCUT2D eigenvalue weighted by Gasteiger charge is -2.36. The number of carbonyl (C=O) groups excluding carboxylic acids is 1. The Labute approximate surface area is 84.8 Å². The molecule has 0 radical (unpaired) electrons. The maximum absolute atomic E-state index is 11.4. The third kappa shape index (κ3) is 2.61. The SMILES string of the molecule is CCC[C@H]1CC[C@H](O)CN1C(=O)OC. The van der Waals surface area contributed by atoms with Gasteiger partial charge in [-0.15, -0.1) is 0 Å². The fraction of sp³-hybridized carbons (Fsp3) is 0.900. The molecule has 0 bridgehead atoms. The van der Waals surface area contributed by atoms with Crippen molar-refractivity contribution in [2.24, 2.45) is 0 Å². The monoisotopic (exact) mass is 201 g/mol. The summed E-state index contributed by atoms with van der Waals surface area (Å²) in [5, 5.41) is 9.46. The lowest BCUT2D eigenvalue weighted by Crippen LogP contribution is -2.48. The lowest BCUT2D eigenvalue weighted by atomic mass is 9.97. The van der Waals surface area contributed by atoms with Crippen molar-refractivity contribution < 1.29 is 14.6 Å². The van der Waals surface area contributed by atoms with E-state index in [0.717, 1.165) is 25.7 Å². The predicted octanol–water partition coefficient (Wildman–Crippen LogP) is 1.38. The Hall–Kier alpha value is -0.770. The molecule has 0 spiro atoms. The van der Waals surface area contributed by atoms with Crippen LogP contribution in [-0.2, 0) is 4.74 Å². The fourth-order valence-electron chi connectivity index (χ4n) is 1.98. The third-order valence-corrected chi connectivity index (χ3v) is 2.71. The number of likely N-dealkylation sites (tertiary alicyclic amines) is 1. The molecule has 1 amide bonds. The number of aliphatic hydroxyl groups is 1. The summed E-state index contributed by atoms with van der Waals surface area (Å²) in [4.78, 5) is 13.0. The molecule has 0 saturated carbocycles. The molecule has 0 aromatic rings. The van der Waals surface area contributed by atoms with Gasteiger partial charge in [0.25, 0.3) is 0 Å². The minimum absolute atomic E-state index is 0.246. The van der Waals surface area contributed by atoms with Crippen molar-refractivity contribution in [3.63, 3.8) is 0 Å². The number of carbonyl (C=O) groups is 1. The average Bonchev–Trinajstić information content (AvgIpc) is 2.20. The van der Waals surface area contributed by atoms with Crippen LogP contribution < -0.4 is 0 Å². The molecule has 2 atom stereocenters. The van der Waals surface area contributed by atoms with Crippen LogP contribution in [0.3, 0.4) is 0 Å². The van der Waals surface area contributed by atoms with E-state index in [0.29, 0.717) is 6.54 Å². The van der Waals surface area contributed by atoms with Crippen LogP contribution in [0.5, 0.6) is 0 Å². The van der Waals surface area contributed by atoms with E-state index in [-0.39, 0.29) is 18.2 Å². The van der Waals surface area contributed by atoms with Gasteiger partial charge in [0, 0.05) is 6.04 Å². The van der Waals surface area contributed by atoms with Crippen molar-refractivity contribution >= 4 is 6.09 Å². The molecule has 0 aliphatic carbocycles. The van der Waals surface area contributed by atoms with E-state index in [1.807, 2.05) is 0 Å². The minimum atomic E-state index is -0.387. The molecule has 0 aromatic carbocycles. The number of amides is 1. The van der Waals surface area contributed by atoms with Gasteiger partial charge in [0.15, 0.2) is 0 Å². The van der Waals surface area contributed by atoms with Gasteiger partial charge >= 0.3 is 6.09 Å². The normalized spacial score (nSPS) is 27.5. The number of piperidine rings is 1. The minimum Gasteiger partial charge on any atom is -0.453 e. The summed E-state index contributed by atoms with van der Waals surface area (Å²) in [6.45, 7) is 2.51. The van der Waals surface area contributed by atoms with Crippen LogP contribution >= 0.6 is 0 Å². The molecule has 14 heavy (non-hydrogen) atoms. The summed E-state index contributed by atoms with van der Waals surface area (Å²) in [6.07, 6.45) is 3.00. The Kier molecular flexibility index (Phi) is 4.20. The number of methoxy groups -OCH3 is 1. The maximum atomic E-state index is 11.4. The first-order valence-electron chi connectivity index (χ1n) is 5.21. The molecule has 1 rings (SSSR count). The maximum Gasteiger partial charge on any atom is 0.409 e. The van der Waals surface area contributed by atoms with Crippen molar-refractivity contribution in [2.75, 3.05) is 13.7 Å². The second-order valence-electron chi connectivity index (χ2n) is 3.80. The third-order valence-electron chi connectivity index (χ3n) is 2.71. The van der Waals surface area contributed by atoms with Gasteiger partial charge in [0.05, 0.1) is 19.8 Å². The van der Waals surface area contributed by atoms with Crippen molar-refractivity contribution in [1.82, 2.24) is 4.90 Å². The number of hydrogen-bond donors (Lipinski definition) is 1. The Morgan fingerprint density at radius 3 is 2.86 bits per heavy atom. The zero-order valence-corrected chi connectivity index (χ0v) is 8.90. The summed E-state index contributed by atoms with van der Waals surface area (Å²) in [7, 11) is 1.38. The van der Waals surface area contributed by atoms with Crippen LogP contribution in [0.25, 0.3) is 0 Å². The number of ether oxygens (including phenoxy) is 1. The van der Waals surface area contributed by atoms with E-state index < -0.39 is 0 Å². The number of hydrogen-bond acceptors (Lipinski definition) is 3. The molecule has 0 aromatic heterocycles.